The Balaban J connectivity index is 1.63. The van der Waals surface area contributed by atoms with Gasteiger partial charge in [-0.15, -0.1) is 0 Å². The predicted octanol–water partition coefficient (Wildman–Crippen LogP) is 1.48. The first-order valence-electron chi connectivity index (χ1n) is 7.89. The Bertz CT molecular complexity index is 685. The molecule has 4 rings (SSSR count). The summed E-state index contributed by atoms with van der Waals surface area (Å²) < 4.78 is 1.82. The van der Waals surface area contributed by atoms with Crippen molar-refractivity contribution in [1.29, 1.82) is 0 Å². The summed E-state index contributed by atoms with van der Waals surface area (Å²) in [4.78, 5) is 11.4. The zero-order valence-corrected chi connectivity index (χ0v) is 12.8. The summed E-state index contributed by atoms with van der Waals surface area (Å²) >= 11 is 0. The van der Waals surface area contributed by atoms with E-state index in [1.807, 2.05) is 30.1 Å². The van der Waals surface area contributed by atoms with E-state index in [9.17, 15) is 5.11 Å². The number of rotatable bonds is 3. The van der Waals surface area contributed by atoms with Gasteiger partial charge in [-0.25, -0.2) is 9.97 Å². The van der Waals surface area contributed by atoms with Crippen LogP contribution in [-0.4, -0.2) is 44.6 Å². The molecule has 1 aliphatic carbocycles. The standard InChI is InChI=1S/C16H21N5O/c1-20-14(5-8-18-20)13-4-7-17-15(19-13)21-9-12-3-2-6-16(12,10-21)11-22/h4-5,7-8,12,22H,2-3,6,9-11H2,1H3/t12-,16+/m0/s1. The molecule has 0 bridgehead atoms. The third-order valence-corrected chi connectivity index (χ3v) is 5.36. The molecule has 0 amide bonds. The average molecular weight is 299 g/mol. The topological polar surface area (TPSA) is 67.1 Å². The lowest BCUT2D eigenvalue weighted by Crippen LogP contribution is -2.31. The van der Waals surface area contributed by atoms with Crippen LogP contribution in [0.3, 0.4) is 0 Å². The van der Waals surface area contributed by atoms with Crippen LogP contribution in [-0.2, 0) is 7.05 Å². The number of aryl methyl sites for hydroxylation is 1. The molecule has 0 aromatic carbocycles. The number of fused-ring (bicyclic) bond motifs is 1. The molecule has 3 heterocycles. The van der Waals surface area contributed by atoms with Crippen molar-refractivity contribution in [2.45, 2.75) is 19.3 Å². The minimum absolute atomic E-state index is 0.0614. The van der Waals surface area contributed by atoms with E-state index in [4.69, 9.17) is 4.98 Å². The lowest BCUT2D eigenvalue weighted by Gasteiger charge is -2.25. The Hall–Kier alpha value is -1.95. The Labute approximate surface area is 129 Å². The molecule has 0 spiro atoms. The van der Waals surface area contributed by atoms with Crippen molar-refractivity contribution in [3.8, 4) is 11.4 Å². The molecule has 2 atom stereocenters. The molecule has 6 nitrogen and oxygen atoms in total. The highest BCUT2D eigenvalue weighted by Gasteiger charge is 2.49. The molecule has 6 heteroatoms. The monoisotopic (exact) mass is 299 g/mol. The number of aliphatic hydroxyl groups excluding tert-OH is 1. The van der Waals surface area contributed by atoms with Crippen molar-refractivity contribution in [1.82, 2.24) is 19.7 Å². The first-order chi connectivity index (χ1) is 10.7. The van der Waals surface area contributed by atoms with Gasteiger partial charge in [-0.1, -0.05) is 6.42 Å². The Morgan fingerprint density at radius 3 is 3.00 bits per heavy atom. The molecule has 2 aliphatic rings. The van der Waals surface area contributed by atoms with Crippen LogP contribution < -0.4 is 4.90 Å². The van der Waals surface area contributed by atoms with Crippen LogP contribution in [0.25, 0.3) is 11.4 Å². The molecule has 2 fully saturated rings. The third-order valence-electron chi connectivity index (χ3n) is 5.36. The molecule has 1 aliphatic heterocycles. The highest BCUT2D eigenvalue weighted by atomic mass is 16.3. The fraction of sp³-hybridized carbons (Fsp3) is 0.562. The number of hydrogen-bond acceptors (Lipinski definition) is 5. The Kier molecular flexibility index (Phi) is 3.14. The van der Waals surface area contributed by atoms with Gasteiger partial charge in [0.25, 0.3) is 0 Å². The van der Waals surface area contributed by atoms with Crippen LogP contribution in [0.5, 0.6) is 0 Å². The number of hydrogen-bond donors (Lipinski definition) is 1. The summed E-state index contributed by atoms with van der Waals surface area (Å²) in [6, 6.07) is 3.87. The molecule has 2 aromatic heterocycles. The fourth-order valence-electron chi connectivity index (χ4n) is 4.09. The summed E-state index contributed by atoms with van der Waals surface area (Å²) in [6.07, 6.45) is 7.14. The van der Waals surface area contributed by atoms with Gasteiger partial charge in [0.2, 0.25) is 5.95 Å². The van der Waals surface area contributed by atoms with Crippen molar-refractivity contribution >= 4 is 5.95 Å². The third kappa shape index (κ3) is 2.01. The van der Waals surface area contributed by atoms with Gasteiger partial charge in [-0.3, -0.25) is 4.68 Å². The zero-order valence-electron chi connectivity index (χ0n) is 12.8. The van der Waals surface area contributed by atoms with Gasteiger partial charge < -0.3 is 10.0 Å². The highest BCUT2D eigenvalue weighted by Crippen LogP contribution is 2.48. The SMILES string of the molecule is Cn1nccc1-c1ccnc(N2C[C@@H]3CCC[C@]3(CO)C2)n1. The van der Waals surface area contributed by atoms with Crippen LogP contribution >= 0.6 is 0 Å². The van der Waals surface area contributed by atoms with Crippen LogP contribution in [0.4, 0.5) is 5.95 Å². The van der Waals surface area contributed by atoms with E-state index in [0.29, 0.717) is 5.92 Å². The molecular weight excluding hydrogens is 278 g/mol. The quantitative estimate of drug-likeness (QED) is 0.930. The highest BCUT2D eigenvalue weighted by molar-refractivity contribution is 5.55. The summed E-state index contributed by atoms with van der Waals surface area (Å²) in [5.41, 5.74) is 1.94. The number of aromatic nitrogens is 4. The van der Waals surface area contributed by atoms with Crippen LogP contribution in [0.15, 0.2) is 24.5 Å². The maximum Gasteiger partial charge on any atom is 0.225 e. The van der Waals surface area contributed by atoms with E-state index >= 15 is 0 Å². The number of anilines is 1. The number of aliphatic hydroxyl groups is 1. The van der Waals surface area contributed by atoms with Gasteiger partial charge >= 0.3 is 0 Å². The molecular formula is C16H21N5O. The fourth-order valence-corrected chi connectivity index (χ4v) is 4.09. The molecule has 2 aromatic rings. The number of nitrogens with zero attached hydrogens (tertiary/aromatic N) is 5. The second-order valence-corrected chi connectivity index (χ2v) is 6.57. The van der Waals surface area contributed by atoms with Crippen LogP contribution in [0, 0.1) is 11.3 Å². The normalized spacial score (nSPS) is 27.4. The van der Waals surface area contributed by atoms with Crippen molar-refractivity contribution in [3.05, 3.63) is 24.5 Å². The molecule has 0 radical (unpaired) electrons. The Morgan fingerprint density at radius 1 is 1.36 bits per heavy atom. The first-order valence-corrected chi connectivity index (χ1v) is 7.89. The van der Waals surface area contributed by atoms with E-state index in [1.165, 1.54) is 12.8 Å². The largest absolute Gasteiger partial charge is 0.396 e. The zero-order chi connectivity index (χ0) is 15.2. The average Bonchev–Trinajstić information content (AvgIpc) is 3.20. The van der Waals surface area contributed by atoms with Gasteiger partial charge in [0, 0.05) is 37.9 Å². The second kappa shape index (κ2) is 5.05. The minimum Gasteiger partial charge on any atom is -0.396 e. The smallest absolute Gasteiger partial charge is 0.225 e. The molecule has 1 saturated heterocycles. The van der Waals surface area contributed by atoms with Gasteiger partial charge in [0.05, 0.1) is 18.0 Å². The van der Waals surface area contributed by atoms with Crippen molar-refractivity contribution in [2.75, 3.05) is 24.6 Å². The van der Waals surface area contributed by atoms with Gasteiger partial charge in [0.1, 0.15) is 0 Å². The molecule has 22 heavy (non-hydrogen) atoms. The van der Waals surface area contributed by atoms with Crippen molar-refractivity contribution in [3.63, 3.8) is 0 Å². The summed E-state index contributed by atoms with van der Waals surface area (Å²) in [5, 5.41) is 14.1. The van der Waals surface area contributed by atoms with E-state index in [2.05, 4.69) is 15.0 Å². The second-order valence-electron chi connectivity index (χ2n) is 6.57. The van der Waals surface area contributed by atoms with Crippen LogP contribution in [0.1, 0.15) is 19.3 Å². The van der Waals surface area contributed by atoms with Gasteiger partial charge in [-0.2, -0.15) is 5.10 Å². The summed E-state index contributed by atoms with van der Waals surface area (Å²) in [5.74, 6) is 1.34. The van der Waals surface area contributed by atoms with E-state index < -0.39 is 0 Å². The van der Waals surface area contributed by atoms with E-state index in [1.54, 1.807) is 6.20 Å². The molecule has 116 valence electrons. The van der Waals surface area contributed by atoms with Crippen molar-refractivity contribution in [2.24, 2.45) is 18.4 Å². The van der Waals surface area contributed by atoms with E-state index in [-0.39, 0.29) is 12.0 Å². The maximum absolute atomic E-state index is 9.85. The molecule has 1 N–H and O–H groups in total. The Morgan fingerprint density at radius 2 is 2.27 bits per heavy atom. The lowest BCUT2D eigenvalue weighted by molar-refractivity contribution is 0.121. The van der Waals surface area contributed by atoms with Gasteiger partial charge in [-0.05, 0) is 30.9 Å². The first kappa shape index (κ1) is 13.7. The summed E-state index contributed by atoms with van der Waals surface area (Å²) in [7, 11) is 1.91. The lowest BCUT2D eigenvalue weighted by atomic mass is 9.82. The molecule has 0 unspecified atom stereocenters. The van der Waals surface area contributed by atoms with Gasteiger partial charge in [0.15, 0.2) is 0 Å². The minimum atomic E-state index is 0.0614. The molecule has 1 saturated carbocycles. The van der Waals surface area contributed by atoms with Crippen molar-refractivity contribution < 1.29 is 5.11 Å². The van der Waals surface area contributed by atoms with E-state index in [0.717, 1.165) is 36.8 Å². The maximum atomic E-state index is 9.85. The predicted molar refractivity (Wildman–Crippen MR) is 83.3 cm³/mol. The summed E-state index contributed by atoms with van der Waals surface area (Å²) in [6.45, 7) is 2.09. The van der Waals surface area contributed by atoms with Crippen LogP contribution in [0.2, 0.25) is 0 Å².